The highest BCUT2D eigenvalue weighted by Gasteiger charge is 2.65. The van der Waals surface area contributed by atoms with Gasteiger partial charge in [-0.2, -0.15) is 0 Å². The first-order chi connectivity index (χ1) is 61.9. The number of carbonyl (C=O) groups is 3. The summed E-state index contributed by atoms with van der Waals surface area (Å²) in [6.07, 6.45) is 48.5. The summed E-state index contributed by atoms with van der Waals surface area (Å²) in [7, 11) is 0. The Morgan fingerprint density at radius 3 is 1.02 bits per heavy atom. The van der Waals surface area contributed by atoms with Gasteiger partial charge in [-0.3, -0.25) is 30.2 Å². The Morgan fingerprint density at radius 2 is 0.662 bits per heavy atom. The molecule has 0 aromatic heterocycles. The molecule has 0 saturated heterocycles. The van der Waals surface area contributed by atoms with Crippen LogP contribution in [0.4, 0.5) is 34.1 Å². The minimum atomic E-state index is -0.380. The molecular formula is C112H182N6O12. The molecule has 3 aromatic carbocycles. The molecule has 12 fully saturated rings. The summed E-state index contributed by atoms with van der Waals surface area (Å²) in [6, 6.07) is 15.0. The van der Waals surface area contributed by atoms with Crippen LogP contribution in [0, 0.1) is 175 Å². The van der Waals surface area contributed by atoms with Gasteiger partial charge in [0.25, 0.3) is 0 Å². The molecule has 0 heterocycles. The third-order valence-corrected chi connectivity index (χ3v) is 40.7. The summed E-state index contributed by atoms with van der Waals surface area (Å²) in [4.78, 5) is 52.9. The van der Waals surface area contributed by atoms with Gasteiger partial charge in [-0.1, -0.05) is 168 Å². The average Bonchev–Trinajstić information content (AvgIpc) is 1.46. The number of rotatable bonds is 34. The molecule has 18 heteroatoms. The third kappa shape index (κ3) is 22.6. The van der Waals surface area contributed by atoms with Gasteiger partial charge in [-0.15, -0.1) is 0 Å². The minimum Gasteiger partial charge on any atom is -0.461 e. The average molecular weight is 1800 g/mol. The van der Waals surface area contributed by atoms with Crippen molar-refractivity contribution >= 4 is 52.0 Å². The Balaban J connectivity index is 0.000000166. The quantitative estimate of drug-likeness (QED) is 0.00882. The second-order valence-electron chi connectivity index (χ2n) is 48.9. The molecule has 15 rings (SSSR count). The summed E-state index contributed by atoms with van der Waals surface area (Å²) in [5.41, 5.74) is 41.6. The zero-order valence-corrected chi connectivity index (χ0v) is 83.7. The van der Waals surface area contributed by atoms with Gasteiger partial charge >= 0.3 is 17.9 Å². The van der Waals surface area contributed by atoms with E-state index in [1.807, 2.05) is 0 Å². The monoisotopic (exact) mass is 1800 g/mol. The molecule has 18 nitrogen and oxygen atoms in total. The van der Waals surface area contributed by atoms with E-state index in [4.69, 9.17) is 63.3 Å². The van der Waals surface area contributed by atoms with Crippen molar-refractivity contribution in [3.63, 3.8) is 0 Å². The Morgan fingerprint density at radius 1 is 0.338 bits per heavy atom. The molecular weight excluding hydrogens is 1620 g/mol. The fraction of sp³-hybridized carbons (Fsp3) is 0.812. The maximum absolute atomic E-state index is 12.6. The second kappa shape index (κ2) is 44.0. The molecule has 0 spiro atoms. The molecule has 12 aliphatic carbocycles. The van der Waals surface area contributed by atoms with E-state index in [0.717, 1.165) is 151 Å². The van der Waals surface area contributed by atoms with E-state index in [9.17, 15) is 30.2 Å². The summed E-state index contributed by atoms with van der Waals surface area (Å²) in [5.74, 6) is 17.9. The zero-order valence-electron chi connectivity index (χ0n) is 83.7. The molecule has 12 aliphatic rings. The number of hydrogen-bond donors (Lipinski definition) is 9. The van der Waals surface area contributed by atoms with Gasteiger partial charge in [-0.05, 0) is 410 Å². The van der Waals surface area contributed by atoms with Crippen molar-refractivity contribution in [1.29, 1.82) is 0 Å². The molecule has 3 aromatic rings. The van der Waals surface area contributed by atoms with Gasteiger partial charge in [0.05, 0.1) is 29.7 Å². The number of ether oxygens (including phenoxy) is 3. The van der Waals surface area contributed by atoms with E-state index >= 15 is 0 Å². The lowest BCUT2D eigenvalue weighted by Gasteiger charge is -2.61. The fourth-order valence-electron chi connectivity index (χ4n) is 33.5. The Kier molecular flexibility index (Phi) is 34.5. The Labute approximate surface area is 785 Å². The van der Waals surface area contributed by atoms with Crippen molar-refractivity contribution in [1.82, 2.24) is 0 Å². The van der Waals surface area contributed by atoms with E-state index in [-0.39, 0.29) is 85.6 Å². The van der Waals surface area contributed by atoms with Gasteiger partial charge in [0.15, 0.2) is 11.5 Å². The molecule has 0 bridgehead atoms. The van der Waals surface area contributed by atoms with Gasteiger partial charge in [-0.25, -0.2) is 14.7 Å². The summed E-state index contributed by atoms with van der Waals surface area (Å²) in [6.45, 7) is 37.9. The maximum atomic E-state index is 12.6. The second-order valence-corrected chi connectivity index (χ2v) is 48.9. The van der Waals surface area contributed by atoms with Crippen molar-refractivity contribution in [3.05, 3.63) is 60.2 Å². The van der Waals surface area contributed by atoms with Crippen molar-refractivity contribution in [2.75, 3.05) is 34.4 Å². The minimum absolute atomic E-state index is 0.125. The highest BCUT2D eigenvalue weighted by molar-refractivity contribution is 5.76. The normalized spacial score (nSPS) is 36.6. The molecule has 30 atom stereocenters. The molecule has 15 N–H and O–H groups in total. The highest BCUT2D eigenvalue weighted by Crippen LogP contribution is 2.73. The predicted molar refractivity (Wildman–Crippen MR) is 527 cm³/mol. The number of hydrogen-bond acceptors (Lipinski definition) is 18. The summed E-state index contributed by atoms with van der Waals surface area (Å²) in [5, 5.41) is 29.7. The third-order valence-electron chi connectivity index (χ3n) is 40.7. The maximum Gasteiger partial charge on any atom is 0.311 e. The van der Waals surface area contributed by atoms with Crippen LogP contribution in [0.5, 0.6) is 11.5 Å². The van der Waals surface area contributed by atoms with E-state index in [0.29, 0.717) is 109 Å². The number of esters is 3. The SMILES string of the molecule is CC(C)CCCC(C)C1CCC2C3CCC4CC(C(CCC(=O)OCc5ccc(N)cc5N)OO)CCC4(C)C3CCC12C.CC(C)CCCC(C)C1CCC2C3CCC4CC(C(CCC(=O)Oc5cc(N)ccc5N)OO)CCC4(C)C3CCC12C.CC(C)CCCC(C)C1CCC2C3CCC4CC(C(CCC(=O)Oc5ccc(N)cc5N)OO)CCC4(C)C3CCC12C. The van der Waals surface area contributed by atoms with Crippen LogP contribution in [-0.4, -0.2) is 52.0 Å². The fourth-order valence-corrected chi connectivity index (χ4v) is 33.5. The Bertz CT molecular complexity index is 4160. The van der Waals surface area contributed by atoms with E-state index in [1.165, 1.54) is 193 Å². The highest BCUT2D eigenvalue weighted by atomic mass is 17.1. The lowest BCUT2D eigenvalue weighted by molar-refractivity contribution is -0.297. The first-order valence-electron chi connectivity index (χ1n) is 53.3. The Hall–Kier alpha value is -5.37. The molecule has 732 valence electrons. The molecule has 30 unspecified atom stereocenters. The summed E-state index contributed by atoms with van der Waals surface area (Å²) < 4.78 is 16.5. The van der Waals surface area contributed by atoms with Crippen LogP contribution < -0.4 is 43.9 Å². The van der Waals surface area contributed by atoms with Crippen molar-refractivity contribution < 1.29 is 59.0 Å². The number of nitrogens with two attached hydrogens (primary N) is 6. The molecule has 0 amide bonds. The van der Waals surface area contributed by atoms with Gasteiger partial charge < -0.3 is 48.6 Å². The van der Waals surface area contributed by atoms with Crippen LogP contribution >= 0.6 is 0 Å². The van der Waals surface area contributed by atoms with Crippen molar-refractivity contribution in [2.45, 2.75) is 398 Å². The molecule has 0 radical (unpaired) electrons. The number of carbonyl (C=O) groups excluding carboxylic acids is 3. The van der Waals surface area contributed by atoms with E-state index < -0.39 is 0 Å². The lowest BCUT2D eigenvalue weighted by Crippen LogP contribution is -2.54. The van der Waals surface area contributed by atoms with Crippen LogP contribution in [0.25, 0.3) is 0 Å². The first kappa shape index (κ1) is 102. The number of benzene rings is 3. The molecule has 12 saturated carbocycles. The van der Waals surface area contributed by atoms with E-state index in [2.05, 4.69) is 104 Å². The van der Waals surface area contributed by atoms with Crippen LogP contribution in [0.2, 0.25) is 0 Å². The molecule has 0 aliphatic heterocycles. The van der Waals surface area contributed by atoms with Crippen molar-refractivity contribution in [2.24, 2.45) is 175 Å². The van der Waals surface area contributed by atoms with Crippen LogP contribution in [0.15, 0.2) is 54.6 Å². The topological polar surface area (TPSA) is 323 Å². The number of fused-ring (bicyclic) bond motifs is 15. The van der Waals surface area contributed by atoms with E-state index in [1.54, 1.807) is 54.6 Å². The summed E-state index contributed by atoms with van der Waals surface area (Å²) >= 11 is 0. The standard InChI is InChI=1S/C38H62N2O4.2C37H60N2O4/c1-24(2)7-6-8-25(3)31-13-14-32-30-12-10-28-21-26(17-19-37(28,4)33(30)18-20-38(31,32)5)35(44-42)15-16-36(41)43-23-27-9-11-29(39)22-34(27)40;1-23(2)7-6-8-24(3)29-12-13-30-28-11-9-26-21-25(17-19-36(26,4)31(28)18-20-37(29,30)5)33(43-41)15-16-35(40)42-34-14-10-27(38)22-32(34)39;1-23(2)7-6-8-24(3)29-12-13-30-28-11-9-26-21-25(17-19-36(26,4)31(28)18-20-37(29,30)5)33(43-41)15-16-35(40)42-34-22-27(38)10-14-32(34)39/h9,11,22,24-26,28,30-33,35,42H,6-8,10,12-21,23,39-40H2,1-5H3;2*10,14,22-26,28-31,33,41H,6-9,11-13,15-21,38-39H2,1-5H3. The number of anilines is 6. The lowest BCUT2D eigenvalue weighted by atomic mass is 9.43. The predicted octanol–water partition coefficient (Wildman–Crippen LogP) is 27.5. The molecule has 130 heavy (non-hydrogen) atoms. The van der Waals surface area contributed by atoms with Crippen LogP contribution in [0.3, 0.4) is 0 Å². The van der Waals surface area contributed by atoms with Gasteiger partial charge in [0.2, 0.25) is 0 Å². The zero-order chi connectivity index (χ0) is 93.5. The van der Waals surface area contributed by atoms with Gasteiger partial charge in [0, 0.05) is 53.6 Å². The largest absolute Gasteiger partial charge is 0.461 e. The smallest absolute Gasteiger partial charge is 0.311 e. The first-order valence-corrected chi connectivity index (χ1v) is 53.3. The van der Waals surface area contributed by atoms with Crippen molar-refractivity contribution in [3.8, 4) is 11.5 Å². The van der Waals surface area contributed by atoms with Crippen LogP contribution in [-0.2, 0) is 40.4 Å². The van der Waals surface area contributed by atoms with Gasteiger partial charge in [0.1, 0.15) is 6.61 Å². The number of nitrogen functional groups attached to an aromatic ring is 6. The van der Waals surface area contributed by atoms with Crippen LogP contribution in [0.1, 0.15) is 379 Å².